The third-order valence-corrected chi connectivity index (χ3v) is 4.42. The first-order valence-corrected chi connectivity index (χ1v) is 8.12. The van der Waals surface area contributed by atoms with Crippen molar-refractivity contribution >= 4 is 5.91 Å². The maximum Gasteiger partial charge on any atom is 0.251 e. The number of hydrogen-bond acceptors (Lipinski definition) is 3. The van der Waals surface area contributed by atoms with Crippen molar-refractivity contribution in [3.8, 4) is 0 Å². The van der Waals surface area contributed by atoms with Crippen LogP contribution >= 0.6 is 0 Å². The van der Waals surface area contributed by atoms with E-state index < -0.39 is 5.60 Å². The first-order chi connectivity index (χ1) is 10.4. The minimum absolute atomic E-state index is 0.0736. The predicted molar refractivity (Wildman–Crippen MR) is 86.7 cm³/mol. The maximum absolute atomic E-state index is 12.4. The van der Waals surface area contributed by atoms with Crippen LogP contribution in [0.3, 0.4) is 0 Å². The van der Waals surface area contributed by atoms with E-state index in [0.29, 0.717) is 12.0 Å². The molecule has 2 rings (SSSR count). The van der Waals surface area contributed by atoms with E-state index in [1.165, 1.54) is 0 Å². The lowest BCUT2D eigenvalue weighted by Crippen LogP contribution is -2.38. The normalized spacial score (nSPS) is 21.8. The van der Waals surface area contributed by atoms with Crippen LogP contribution in [-0.4, -0.2) is 34.4 Å². The standard InChI is InChI=1S/C18H27NO3/c1-18(2,22)10-9-13-5-3-6-14(11-13)17(21)19-16-8-4-7-15(16)12-20/h3,5-6,11,15-16,20,22H,4,7-10,12H2,1-2H3,(H,19,21)/t15-,16-/m1/s1. The molecule has 0 unspecified atom stereocenters. The van der Waals surface area contributed by atoms with Crippen LogP contribution in [0.25, 0.3) is 0 Å². The van der Waals surface area contributed by atoms with Gasteiger partial charge in [-0.2, -0.15) is 0 Å². The number of aliphatic hydroxyl groups excluding tert-OH is 1. The van der Waals surface area contributed by atoms with Gasteiger partial charge in [-0.15, -0.1) is 0 Å². The molecule has 122 valence electrons. The summed E-state index contributed by atoms with van der Waals surface area (Å²) in [6.45, 7) is 3.72. The molecule has 0 aliphatic heterocycles. The smallest absolute Gasteiger partial charge is 0.251 e. The van der Waals surface area contributed by atoms with Gasteiger partial charge >= 0.3 is 0 Å². The van der Waals surface area contributed by atoms with E-state index in [1.807, 2.05) is 24.3 Å². The Labute approximate surface area is 132 Å². The second kappa shape index (κ2) is 7.25. The van der Waals surface area contributed by atoms with Gasteiger partial charge in [-0.3, -0.25) is 4.79 Å². The van der Waals surface area contributed by atoms with Gasteiger partial charge in [0.15, 0.2) is 0 Å². The van der Waals surface area contributed by atoms with Crippen LogP contribution in [0.5, 0.6) is 0 Å². The Hall–Kier alpha value is -1.39. The zero-order valence-corrected chi connectivity index (χ0v) is 13.5. The molecule has 1 aliphatic carbocycles. The van der Waals surface area contributed by atoms with Gasteiger partial charge in [0.05, 0.1) is 5.60 Å². The van der Waals surface area contributed by atoms with Crippen molar-refractivity contribution in [2.24, 2.45) is 5.92 Å². The van der Waals surface area contributed by atoms with Gasteiger partial charge in [0, 0.05) is 24.1 Å². The highest BCUT2D eigenvalue weighted by Gasteiger charge is 2.28. The molecule has 1 saturated carbocycles. The van der Waals surface area contributed by atoms with Gasteiger partial charge in [0.1, 0.15) is 0 Å². The third-order valence-electron chi connectivity index (χ3n) is 4.42. The quantitative estimate of drug-likeness (QED) is 0.755. The molecule has 1 aliphatic rings. The molecular formula is C18H27NO3. The second-order valence-electron chi connectivity index (χ2n) is 6.97. The highest BCUT2D eigenvalue weighted by molar-refractivity contribution is 5.94. The summed E-state index contributed by atoms with van der Waals surface area (Å²) < 4.78 is 0. The fraction of sp³-hybridized carbons (Fsp3) is 0.611. The molecule has 4 nitrogen and oxygen atoms in total. The molecule has 0 radical (unpaired) electrons. The van der Waals surface area contributed by atoms with Crippen LogP contribution < -0.4 is 5.32 Å². The Balaban J connectivity index is 1.98. The lowest BCUT2D eigenvalue weighted by Gasteiger charge is -2.19. The Morgan fingerprint density at radius 1 is 1.36 bits per heavy atom. The summed E-state index contributed by atoms with van der Waals surface area (Å²) in [6, 6.07) is 7.65. The van der Waals surface area contributed by atoms with E-state index in [0.717, 1.165) is 31.2 Å². The number of benzene rings is 1. The van der Waals surface area contributed by atoms with Crippen molar-refractivity contribution in [1.82, 2.24) is 5.32 Å². The largest absolute Gasteiger partial charge is 0.396 e. The fourth-order valence-corrected chi connectivity index (χ4v) is 3.02. The van der Waals surface area contributed by atoms with Crippen molar-refractivity contribution in [3.05, 3.63) is 35.4 Å². The van der Waals surface area contributed by atoms with Gasteiger partial charge in [0.25, 0.3) is 5.91 Å². The Bertz CT molecular complexity index is 507. The monoisotopic (exact) mass is 305 g/mol. The zero-order valence-electron chi connectivity index (χ0n) is 13.5. The van der Waals surface area contributed by atoms with Crippen LogP contribution in [0.1, 0.15) is 55.5 Å². The summed E-state index contributed by atoms with van der Waals surface area (Å²) in [5.41, 5.74) is 1.01. The number of carbonyl (C=O) groups is 1. The number of rotatable bonds is 6. The van der Waals surface area contributed by atoms with E-state index in [4.69, 9.17) is 0 Å². The average molecular weight is 305 g/mol. The number of amides is 1. The second-order valence-corrected chi connectivity index (χ2v) is 6.97. The molecule has 1 fully saturated rings. The molecule has 22 heavy (non-hydrogen) atoms. The summed E-state index contributed by atoms with van der Waals surface area (Å²) in [7, 11) is 0. The fourth-order valence-electron chi connectivity index (χ4n) is 3.02. The molecule has 2 atom stereocenters. The Kier molecular flexibility index (Phi) is 5.59. The average Bonchev–Trinajstić information content (AvgIpc) is 2.92. The number of aryl methyl sites for hydroxylation is 1. The molecule has 0 heterocycles. The minimum atomic E-state index is -0.698. The van der Waals surface area contributed by atoms with Crippen LogP contribution in [0.4, 0.5) is 0 Å². The van der Waals surface area contributed by atoms with Crippen molar-refractivity contribution in [3.63, 3.8) is 0 Å². The number of carbonyl (C=O) groups excluding carboxylic acids is 1. The summed E-state index contributed by atoms with van der Waals surface area (Å²) in [4.78, 5) is 12.4. The molecular weight excluding hydrogens is 278 g/mol. The van der Waals surface area contributed by atoms with E-state index in [1.54, 1.807) is 13.8 Å². The van der Waals surface area contributed by atoms with Crippen LogP contribution in [0.2, 0.25) is 0 Å². The molecule has 3 N–H and O–H groups in total. The van der Waals surface area contributed by atoms with E-state index >= 15 is 0 Å². The van der Waals surface area contributed by atoms with Crippen LogP contribution in [0, 0.1) is 5.92 Å². The van der Waals surface area contributed by atoms with Gasteiger partial charge in [-0.1, -0.05) is 18.6 Å². The van der Waals surface area contributed by atoms with E-state index in [-0.39, 0.29) is 24.5 Å². The molecule has 4 heteroatoms. The molecule has 1 aromatic rings. The Morgan fingerprint density at radius 3 is 2.82 bits per heavy atom. The van der Waals surface area contributed by atoms with Crippen LogP contribution in [-0.2, 0) is 6.42 Å². The molecule has 0 bridgehead atoms. The lowest BCUT2D eigenvalue weighted by molar-refractivity contribution is 0.0714. The number of aliphatic hydroxyl groups is 2. The van der Waals surface area contributed by atoms with Crippen molar-refractivity contribution < 1.29 is 15.0 Å². The van der Waals surface area contributed by atoms with E-state index in [9.17, 15) is 15.0 Å². The van der Waals surface area contributed by atoms with Gasteiger partial charge < -0.3 is 15.5 Å². The summed E-state index contributed by atoms with van der Waals surface area (Å²) in [6.07, 6.45) is 4.38. The van der Waals surface area contributed by atoms with Gasteiger partial charge in [0.2, 0.25) is 0 Å². The van der Waals surface area contributed by atoms with Crippen molar-refractivity contribution in [1.29, 1.82) is 0 Å². The Morgan fingerprint density at radius 2 is 2.14 bits per heavy atom. The molecule has 1 amide bonds. The first kappa shape index (κ1) is 17.0. The summed E-state index contributed by atoms with van der Waals surface area (Å²) >= 11 is 0. The first-order valence-electron chi connectivity index (χ1n) is 8.12. The highest BCUT2D eigenvalue weighted by atomic mass is 16.3. The predicted octanol–water partition coefficient (Wildman–Crippen LogP) is 2.28. The van der Waals surface area contributed by atoms with E-state index in [2.05, 4.69) is 5.32 Å². The van der Waals surface area contributed by atoms with Crippen molar-refractivity contribution in [2.75, 3.05) is 6.61 Å². The molecule has 0 saturated heterocycles. The molecule has 0 spiro atoms. The summed E-state index contributed by atoms with van der Waals surface area (Å²) in [5.74, 6) is 0.109. The topological polar surface area (TPSA) is 69.6 Å². The molecule has 0 aromatic heterocycles. The summed E-state index contributed by atoms with van der Waals surface area (Å²) in [5, 5.41) is 22.2. The van der Waals surface area contributed by atoms with Gasteiger partial charge in [-0.25, -0.2) is 0 Å². The SMILES string of the molecule is CC(C)(O)CCc1cccc(C(=O)N[C@@H]2CCC[C@@H]2CO)c1. The lowest BCUT2D eigenvalue weighted by atomic mass is 9.97. The minimum Gasteiger partial charge on any atom is -0.396 e. The number of nitrogens with one attached hydrogen (secondary N) is 1. The van der Waals surface area contributed by atoms with Crippen LogP contribution in [0.15, 0.2) is 24.3 Å². The third kappa shape index (κ3) is 4.82. The van der Waals surface area contributed by atoms with Gasteiger partial charge in [-0.05, 0) is 57.2 Å². The maximum atomic E-state index is 12.4. The molecule has 1 aromatic carbocycles. The zero-order chi connectivity index (χ0) is 16.2. The highest BCUT2D eigenvalue weighted by Crippen LogP contribution is 2.25. The van der Waals surface area contributed by atoms with Crippen molar-refractivity contribution in [2.45, 2.75) is 57.6 Å². The number of hydrogen-bond donors (Lipinski definition) is 3.